The number of β-lactam (4-membered cyclic amide) rings is 1. The van der Waals surface area contributed by atoms with Crippen LogP contribution >= 0.6 is 0 Å². The number of anilines is 2. The van der Waals surface area contributed by atoms with Gasteiger partial charge < -0.3 is 24.4 Å². The lowest BCUT2D eigenvalue weighted by Gasteiger charge is -2.38. The zero-order chi connectivity index (χ0) is 36.9. The molecular weight excluding hydrogens is 667 g/mol. The van der Waals surface area contributed by atoms with Crippen molar-refractivity contribution < 1.29 is 24.2 Å². The number of aromatic nitrogens is 3. The van der Waals surface area contributed by atoms with Crippen molar-refractivity contribution >= 4 is 23.2 Å². The number of carbonyl (C=O) groups excluding carboxylic acids is 2. The van der Waals surface area contributed by atoms with Gasteiger partial charge in [0.15, 0.2) is 5.60 Å². The first-order valence-electron chi connectivity index (χ1n) is 18.4. The highest BCUT2D eigenvalue weighted by Gasteiger charge is 2.65. The minimum Gasteiger partial charge on any atom is -0.497 e. The number of fused-ring (bicyclic) bond motifs is 2. The molecule has 3 aliphatic rings. The minimum absolute atomic E-state index is 0.0773. The number of aliphatic hydroxyl groups is 1. The summed E-state index contributed by atoms with van der Waals surface area (Å²) in [5.41, 5.74) is 4.25. The second-order valence-electron chi connectivity index (χ2n) is 15.0. The zero-order valence-electron chi connectivity index (χ0n) is 30.6. The first-order chi connectivity index (χ1) is 25.6. The number of nitrogens with zero attached hydrogens (tertiary/aromatic N) is 5. The smallest absolute Gasteiger partial charge is 0.264 e. The summed E-state index contributed by atoms with van der Waals surface area (Å²) in [5, 5.41) is 19.7. The highest BCUT2D eigenvalue weighted by molar-refractivity contribution is 6.07. The van der Waals surface area contributed by atoms with Crippen molar-refractivity contribution in [3.63, 3.8) is 0 Å². The molecule has 0 aliphatic carbocycles. The van der Waals surface area contributed by atoms with E-state index in [0.717, 1.165) is 39.4 Å². The quantitative estimate of drug-likeness (QED) is 0.155. The lowest BCUT2D eigenvalue weighted by molar-refractivity contribution is -0.146. The van der Waals surface area contributed by atoms with E-state index in [9.17, 15) is 9.90 Å². The molecular formula is C43H45N5O5. The minimum atomic E-state index is -1.21. The van der Waals surface area contributed by atoms with Gasteiger partial charge in [0.2, 0.25) is 5.91 Å². The molecule has 5 atom stereocenters. The van der Waals surface area contributed by atoms with E-state index >= 15 is 4.79 Å². The Morgan fingerprint density at radius 3 is 2.45 bits per heavy atom. The third-order valence-corrected chi connectivity index (χ3v) is 11.8. The molecule has 272 valence electrons. The van der Waals surface area contributed by atoms with Gasteiger partial charge in [-0.1, -0.05) is 98.8 Å². The van der Waals surface area contributed by atoms with Crippen LogP contribution in [0.15, 0.2) is 109 Å². The molecule has 0 unspecified atom stereocenters. The van der Waals surface area contributed by atoms with Crippen LogP contribution in [0.4, 0.5) is 11.4 Å². The number of para-hydroxylation sites is 1. The number of amides is 2. The normalized spacial score (nSPS) is 23.0. The molecule has 8 rings (SSSR count). The van der Waals surface area contributed by atoms with Crippen molar-refractivity contribution in [2.45, 2.75) is 69.9 Å². The lowest BCUT2D eigenvalue weighted by Crippen LogP contribution is -2.46. The summed E-state index contributed by atoms with van der Waals surface area (Å²) in [5.74, 6) is 0.531. The largest absolute Gasteiger partial charge is 0.497 e. The Morgan fingerprint density at radius 1 is 0.981 bits per heavy atom. The molecule has 4 aromatic carbocycles. The number of carbonyl (C=O) groups is 2. The maximum atomic E-state index is 15.1. The van der Waals surface area contributed by atoms with E-state index in [1.807, 2.05) is 95.9 Å². The number of rotatable bonds is 11. The van der Waals surface area contributed by atoms with Crippen LogP contribution in [0.3, 0.4) is 0 Å². The van der Waals surface area contributed by atoms with Gasteiger partial charge in [-0.3, -0.25) is 14.3 Å². The van der Waals surface area contributed by atoms with Gasteiger partial charge in [-0.15, -0.1) is 5.10 Å². The standard InChI is InChI=1S/C43H45N5O5/c1-28-39(42(2,3)31-17-19-33(52-4)20-18-31)37(21-23-46-27-35(44-45-46)40(50)30-12-6-5-7-13-30)53-43(28)34-15-8-9-16-36(34)48(41(43)51)26-29-11-10-14-32(25-29)47-24-22-38(47)49/h5-20,25,27-28,37,39-40,50H,21-24,26H2,1-4H3/t28-,37+,39-,40+,43+/m0/s1. The van der Waals surface area contributed by atoms with Crippen molar-refractivity contribution in [2.24, 2.45) is 11.8 Å². The fraction of sp³-hybridized carbons (Fsp3) is 0.349. The first-order valence-corrected chi connectivity index (χ1v) is 18.4. The van der Waals surface area contributed by atoms with Crippen molar-refractivity contribution in [1.29, 1.82) is 0 Å². The molecule has 10 heteroatoms. The highest BCUT2D eigenvalue weighted by Crippen LogP contribution is 2.60. The van der Waals surface area contributed by atoms with Crippen LogP contribution in [-0.4, -0.2) is 51.7 Å². The molecule has 1 spiro atoms. The lowest BCUT2D eigenvalue weighted by atomic mass is 9.63. The number of benzene rings is 4. The van der Waals surface area contributed by atoms with Crippen molar-refractivity contribution in [3.8, 4) is 5.75 Å². The molecule has 5 aromatic rings. The predicted molar refractivity (Wildman–Crippen MR) is 201 cm³/mol. The summed E-state index contributed by atoms with van der Waals surface area (Å²) in [6.07, 6.45) is 1.70. The SMILES string of the molecule is COc1ccc(C(C)(C)[C@@H]2[C@@H](CCn3cc([C@H](O)c4ccccc4)nn3)O[C@]3(C(=O)N(Cc4cccc(N5CCC5=O)c4)c4ccccc43)[C@H]2C)cc1. The number of methoxy groups -OCH3 is 1. The number of hydrogen-bond acceptors (Lipinski definition) is 7. The van der Waals surface area contributed by atoms with Crippen LogP contribution in [0.5, 0.6) is 5.75 Å². The zero-order valence-corrected chi connectivity index (χ0v) is 30.6. The average Bonchev–Trinajstić information content (AvgIpc) is 3.84. The summed E-state index contributed by atoms with van der Waals surface area (Å²) >= 11 is 0. The van der Waals surface area contributed by atoms with Gasteiger partial charge in [-0.2, -0.15) is 0 Å². The number of aliphatic hydroxyl groups excluding tert-OH is 1. The Bertz CT molecular complexity index is 2130. The summed E-state index contributed by atoms with van der Waals surface area (Å²) in [4.78, 5) is 31.0. The molecule has 1 aromatic heterocycles. The van der Waals surface area contributed by atoms with Crippen LogP contribution in [0, 0.1) is 11.8 Å². The van der Waals surface area contributed by atoms with E-state index in [1.165, 1.54) is 0 Å². The van der Waals surface area contributed by atoms with Gasteiger partial charge >= 0.3 is 0 Å². The van der Waals surface area contributed by atoms with Gasteiger partial charge in [-0.25, -0.2) is 0 Å². The monoisotopic (exact) mass is 711 g/mol. The Labute approximate surface area is 310 Å². The summed E-state index contributed by atoms with van der Waals surface area (Å²) in [6, 6.07) is 33.5. The molecule has 1 N–H and O–H groups in total. The summed E-state index contributed by atoms with van der Waals surface area (Å²) < 4.78 is 14.5. The van der Waals surface area contributed by atoms with E-state index < -0.39 is 17.1 Å². The molecule has 3 aliphatic heterocycles. The molecule has 10 nitrogen and oxygen atoms in total. The maximum absolute atomic E-state index is 15.1. The molecule has 2 saturated heterocycles. The topological polar surface area (TPSA) is 110 Å². The number of aryl methyl sites for hydroxylation is 1. The second kappa shape index (κ2) is 13.6. The predicted octanol–water partition coefficient (Wildman–Crippen LogP) is 6.57. The van der Waals surface area contributed by atoms with Crippen LogP contribution in [0.2, 0.25) is 0 Å². The van der Waals surface area contributed by atoms with Gasteiger partial charge in [0.25, 0.3) is 5.91 Å². The van der Waals surface area contributed by atoms with Gasteiger partial charge in [0, 0.05) is 42.6 Å². The van der Waals surface area contributed by atoms with Crippen molar-refractivity contribution in [1.82, 2.24) is 15.0 Å². The Kier molecular flexibility index (Phi) is 8.91. The molecule has 0 bridgehead atoms. The van der Waals surface area contributed by atoms with Crippen molar-refractivity contribution in [3.05, 3.63) is 137 Å². The first kappa shape index (κ1) is 34.7. The van der Waals surface area contributed by atoms with E-state index in [2.05, 4.69) is 43.2 Å². The van der Waals surface area contributed by atoms with Gasteiger partial charge in [0.1, 0.15) is 17.5 Å². The molecule has 53 heavy (non-hydrogen) atoms. The van der Waals surface area contributed by atoms with E-state index in [0.29, 0.717) is 38.2 Å². The van der Waals surface area contributed by atoms with Crippen molar-refractivity contribution in [2.75, 3.05) is 23.5 Å². The molecule has 4 heterocycles. The number of hydrogen-bond donors (Lipinski definition) is 1. The third-order valence-electron chi connectivity index (χ3n) is 11.8. The van der Waals surface area contributed by atoms with Crippen LogP contribution in [-0.2, 0) is 38.4 Å². The van der Waals surface area contributed by atoms with E-state index in [1.54, 1.807) is 22.9 Å². The van der Waals surface area contributed by atoms with Crippen LogP contribution in [0.25, 0.3) is 0 Å². The van der Waals surface area contributed by atoms with Crippen LogP contribution < -0.4 is 14.5 Å². The Balaban J connectivity index is 1.13. The van der Waals surface area contributed by atoms with Gasteiger partial charge in [-0.05, 0) is 58.9 Å². The molecule has 2 amide bonds. The molecule has 0 radical (unpaired) electrons. The Hall–Kier alpha value is -5.32. The molecule has 2 fully saturated rings. The molecule has 0 saturated carbocycles. The van der Waals surface area contributed by atoms with Crippen LogP contribution in [0.1, 0.15) is 67.7 Å². The fourth-order valence-corrected chi connectivity index (χ4v) is 8.90. The summed E-state index contributed by atoms with van der Waals surface area (Å²) in [7, 11) is 1.66. The third kappa shape index (κ3) is 5.90. The fourth-order valence-electron chi connectivity index (χ4n) is 8.90. The number of ether oxygens (including phenoxy) is 2. The second-order valence-corrected chi connectivity index (χ2v) is 15.0. The maximum Gasteiger partial charge on any atom is 0.264 e. The average molecular weight is 712 g/mol. The van der Waals surface area contributed by atoms with E-state index in [-0.39, 0.29) is 29.8 Å². The summed E-state index contributed by atoms with van der Waals surface area (Å²) in [6.45, 7) is 8.18. The highest BCUT2D eigenvalue weighted by atomic mass is 16.5. The van der Waals surface area contributed by atoms with Gasteiger partial charge in [0.05, 0.1) is 31.6 Å². The van der Waals surface area contributed by atoms with E-state index in [4.69, 9.17) is 9.47 Å². The Morgan fingerprint density at radius 2 is 1.74 bits per heavy atom.